The zero-order valence-electron chi connectivity index (χ0n) is 16.3. The van der Waals surface area contributed by atoms with Crippen LogP contribution in [0.1, 0.15) is 22.2 Å². The summed E-state index contributed by atoms with van der Waals surface area (Å²) in [7, 11) is -0.458. The maximum Gasteiger partial charge on any atom is 0.266 e. The van der Waals surface area contributed by atoms with Crippen LogP contribution in [-0.4, -0.2) is 36.7 Å². The van der Waals surface area contributed by atoms with Crippen LogP contribution in [0.4, 0.5) is 11.4 Å². The fraction of sp³-hybridized carbons (Fsp3) is 0.278. The summed E-state index contributed by atoms with van der Waals surface area (Å²) in [5.41, 5.74) is 1.05. The van der Waals surface area contributed by atoms with Crippen LogP contribution >= 0.6 is 11.3 Å². The van der Waals surface area contributed by atoms with Crippen LogP contribution in [0.15, 0.2) is 29.3 Å². The number of fused-ring (bicyclic) bond motifs is 1. The Bertz CT molecular complexity index is 1260. The van der Waals surface area contributed by atoms with Gasteiger partial charge < -0.3 is 14.6 Å². The molecule has 0 aliphatic heterocycles. The van der Waals surface area contributed by atoms with Crippen molar-refractivity contribution in [3.05, 3.63) is 45.3 Å². The Morgan fingerprint density at radius 3 is 2.72 bits per heavy atom. The molecule has 3 aromatic rings. The molecular weight excluding hydrogens is 416 g/mol. The van der Waals surface area contributed by atoms with E-state index in [0.717, 1.165) is 11.3 Å². The van der Waals surface area contributed by atoms with Gasteiger partial charge in [0, 0.05) is 18.8 Å². The van der Waals surface area contributed by atoms with Crippen molar-refractivity contribution in [1.82, 2.24) is 9.55 Å². The molecule has 0 bridgehead atoms. The molecule has 29 heavy (non-hydrogen) atoms. The number of aryl methyl sites for hydroxylation is 2. The van der Waals surface area contributed by atoms with E-state index < -0.39 is 15.9 Å². The second-order valence-corrected chi connectivity index (χ2v) is 9.28. The van der Waals surface area contributed by atoms with Crippen LogP contribution in [0.25, 0.3) is 10.2 Å². The molecule has 154 valence electrons. The highest BCUT2D eigenvalue weighted by atomic mass is 32.2. The van der Waals surface area contributed by atoms with E-state index in [1.807, 2.05) is 0 Å². The zero-order chi connectivity index (χ0) is 21.3. The van der Waals surface area contributed by atoms with Crippen molar-refractivity contribution in [3.63, 3.8) is 0 Å². The molecule has 2 N–H and O–H groups in total. The molecule has 0 saturated heterocycles. The first-order valence-corrected chi connectivity index (χ1v) is 11.1. The van der Waals surface area contributed by atoms with E-state index in [0.29, 0.717) is 26.3 Å². The predicted octanol–water partition coefficient (Wildman–Crippen LogP) is 2.33. The number of nitrogens with zero attached hydrogens (tertiary/aromatic N) is 2. The van der Waals surface area contributed by atoms with E-state index in [1.54, 1.807) is 20.0 Å². The molecule has 2 aromatic heterocycles. The molecule has 3 rings (SSSR count). The first kappa shape index (κ1) is 20.8. The molecule has 1 aromatic carbocycles. The highest BCUT2D eigenvalue weighted by Gasteiger charge is 2.20. The van der Waals surface area contributed by atoms with Crippen molar-refractivity contribution < 1.29 is 17.9 Å². The van der Waals surface area contributed by atoms with Gasteiger partial charge in [0.2, 0.25) is 10.0 Å². The lowest BCUT2D eigenvalue weighted by Gasteiger charge is -2.13. The molecule has 0 fully saturated rings. The van der Waals surface area contributed by atoms with Gasteiger partial charge in [-0.1, -0.05) is 0 Å². The minimum Gasteiger partial charge on any atom is -0.494 e. The second kappa shape index (κ2) is 7.84. The molecule has 11 heteroatoms. The largest absolute Gasteiger partial charge is 0.494 e. The minimum absolute atomic E-state index is 0.0760. The lowest BCUT2D eigenvalue weighted by atomic mass is 10.2. The number of carbonyl (C=O) groups excluding carboxylic acids is 1. The van der Waals surface area contributed by atoms with Crippen LogP contribution in [0.2, 0.25) is 0 Å². The van der Waals surface area contributed by atoms with Crippen molar-refractivity contribution in [1.29, 1.82) is 0 Å². The van der Waals surface area contributed by atoms with Gasteiger partial charge in [-0.3, -0.25) is 14.3 Å². The number of sulfonamides is 1. The third-order valence-electron chi connectivity index (χ3n) is 4.32. The van der Waals surface area contributed by atoms with Gasteiger partial charge in [-0.2, -0.15) is 0 Å². The van der Waals surface area contributed by atoms with Crippen molar-refractivity contribution >= 4 is 48.9 Å². The van der Waals surface area contributed by atoms with Crippen LogP contribution in [0.3, 0.4) is 0 Å². The summed E-state index contributed by atoms with van der Waals surface area (Å²) in [5.74, 6) is -0.201. The molecule has 2 heterocycles. The van der Waals surface area contributed by atoms with E-state index >= 15 is 0 Å². The first-order valence-electron chi connectivity index (χ1n) is 8.61. The second-order valence-electron chi connectivity index (χ2n) is 6.27. The van der Waals surface area contributed by atoms with Gasteiger partial charge in [0.25, 0.3) is 11.5 Å². The summed E-state index contributed by atoms with van der Waals surface area (Å²) >= 11 is 1.14. The summed E-state index contributed by atoms with van der Waals surface area (Å²) in [4.78, 5) is 30.2. The van der Waals surface area contributed by atoms with Gasteiger partial charge in [0.05, 0.1) is 35.1 Å². The number of hydrogen-bond donors (Lipinski definition) is 2. The van der Waals surface area contributed by atoms with Crippen LogP contribution < -0.4 is 20.3 Å². The fourth-order valence-corrected chi connectivity index (χ4v) is 4.39. The average molecular weight is 437 g/mol. The van der Waals surface area contributed by atoms with E-state index in [4.69, 9.17) is 4.74 Å². The topological polar surface area (TPSA) is 119 Å². The third-order valence-corrected chi connectivity index (χ3v) is 6.81. The van der Waals surface area contributed by atoms with Crippen LogP contribution in [-0.2, 0) is 17.1 Å². The Labute approximate surface area is 171 Å². The van der Waals surface area contributed by atoms with E-state index in [1.165, 1.54) is 37.1 Å². The molecule has 0 aliphatic carbocycles. The Balaban J connectivity index is 1.91. The predicted molar refractivity (Wildman–Crippen MR) is 114 cm³/mol. The Hall–Kier alpha value is -2.92. The Morgan fingerprint density at radius 2 is 2.07 bits per heavy atom. The molecule has 0 spiro atoms. The quantitative estimate of drug-likeness (QED) is 0.612. The van der Waals surface area contributed by atoms with Gasteiger partial charge in [0.1, 0.15) is 10.6 Å². The first-order chi connectivity index (χ1) is 13.7. The highest BCUT2D eigenvalue weighted by molar-refractivity contribution is 7.92. The van der Waals surface area contributed by atoms with Crippen LogP contribution in [0, 0.1) is 6.92 Å². The molecule has 9 nitrogen and oxygen atoms in total. The number of thiophene rings is 1. The molecule has 0 unspecified atom stereocenters. The number of rotatable bonds is 6. The average Bonchev–Trinajstić information content (AvgIpc) is 3.03. The van der Waals surface area contributed by atoms with Gasteiger partial charge in [0.15, 0.2) is 0 Å². The third kappa shape index (κ3) is 4.10. The summed E-state index contributed by atoms with van der Waals surface area (Å²) in [6.45, 7) is 3.24. The van der Waals surface area contributed by atoms with Crippen molar-refractivity contribution in [2.24, 2.45) is 7.05 Å². The number of carbonyl (C=O) groups is 1. The Kier molecular flexibility index (Phi) is 5.62. The number of benzene rings is 1. The number of hydrogen-bond acceptors (Lipinski definition) is 7. The smallest absolute Gasteiger partial charge is 0.266 e. The molecule has 0 radical (unpaired) electrons. The summed E-state index contributed by atoms with van der Waals surface area (Å²) in [6, 6.07) is 4.59. The maximum absolute atomic E-state index is 12.8. The van der Waals surface area contributed by atoms with E-state index in [9.17, 15) is 18.0 Å². The van der Waals surface area contributed by atoms with Crippen molar-refractivity contribution in [3.8, 4) is 5.75 Å². The van der Waals surface area contributed by atoms with Gasteiger partial charge in [-0.15, -0.1) is 11.3 Å². The number of anilines is 2. The molecule has 0 atom stereocenters. The van der Waals surface area contributed by atoms with Crippen LogP contribution in [0.5, 0.6) is 5.75 Å². The normalized spacial score (nSPS) is 11.4. The monoisotopic (exact) mass is 436 g/mol. The maximum atomic E-state index is 12.8. The Morgan fingerprint density at radius 1 is 1.34 bits per heavy atom. The number of ether oxygens (including phenoxy) is 1. The van der Waals surface area contributed by atoms with Gasteiger partial charge >= 0.3 is 0 Å². The number of nitrogens with one attached hydrogen (secondary N) is 2. The molecule has 1 amide bonds. The van der Waals surface area contributed by atoms with Crippen molar-refractivity contribution in [2.75, 3.05) is 22.9 Å². The molecular formula is C18H20N4O5S2. The van der Waals surface area contributed by atoms with Crippen molar-refractivity contribution in [2.45, 2.75) is 13.8 Å². The fourth-order valence-electron chi connectivity index (χ4n) is 2.71. The summed E-state index contributed by atoms with van der Waals surface area (Å²) in [5, 5.41) is 3.17. The lowest BCUT2D eigenvalue weighted by molar-refractivity contribution is 0.103. The number of aromatic nitrogens is 2. The standard InChI is InChI=1S/C18H20N4O5S2/c1-5-29(25,26)21-12-7-6-11(8-13(12)27-4)20-16(23)15-10(2)14-17(28-15)19-9-22(3)18(14)24/h6-9,21H,5H2,1-4H3,(H,20,23). The van der Waals surface area contributed by atoms with Gasteiger partial charge in [-0.25, -0.2) is 13.4 Å². The van der Waals surface area contributed by atoms with E-state index in [-0.39, 0.29) is 22.7 Å². The zero-order valence-corrected chi connectivity index (χ0v) is 17.9. The lowest BCUT2D eigenvalue weighted by Crippen LogP contribution is -2.17. The number of amides is 1. The summed E-state index contributed by atoms with van der Waals surface area (Å²) in [6.07, 6.45) is 1.42. The molecule has 0 aliphatic rings. The summed E-state index contributed by atoms with van der Waals surface area (Å²) < 4.78 is 32.6. The number of methoxy groups -OCH3 is 1. The highest BCUT2D eigenvalue weighted by Crippen LogP contribution is 2.31. The minimum atomic E-state index is -3.47. The van der Waals surface area contributed by atoms with Gasteiger partial charge in [-0.05, 0) is 31.5 Å². The molecule has 0 saturated carbocycles. The van der Waals surface area contributed by atoms with E-state index in [2.05, 4.69) is 15.0 Å². The SMILES string of the molecule is CCS(=O)(=O)Nc1ccc(NC(=O)c2sc3ncn(C)c(=O)c3c2C)cc1OC.